The molecule has 36 heavy (non-hydrogen) atoms. The summed E-state index contributed by atoms with van der Waals surface area (Å²) in [6.07, 6.45) is 0.404. The number of carbonyl (C=O) groups is 2. The molecule has 3 amide bonds. The Morgan fingerprint density at radius 2 is 1.47 bits per heavy atom. The first-order valence-electron chi connectivity index (χ1n) is 12.5. The summed E-state index contributed by atoms with van der Waals surface area (Å²) in [4.78, 5) is 32.9. The minimum absolute atomic E-state index is 0.202. The van der Waals surface area contributed by atoms with Crippen molar-refractivity contribution in [2.75, 3.05) is 44.4 Å². The summed E-state index contributed by atoms with van der Waals surface area (Å²) >= 11 is 0. The molecule has 2 heterocycles. The quantitative estimate of drug-likeness (QED) is 0.492. The van der Waals surface area contributed by atoms with Gasteiger partial charge in [-0.25, -0.2) is 9.69 Å². The molecule has 0 saturated carbocycles. The number of benzene rings is 3. The minimum Gasteiger partial charge on any atom is -0.492 e. The van der Waals surface area contributed by atoms with E-state index in [9.17, 15) is 9.59 Å². The van der Waals surface area contributed by atoms with E-state index in [-0.39, 0.29) is 18.6 Å². The van der Waals surface area contributed by atoms with Crippen LogP contribution in [-0.4, -0.2) is 61.2 Å². The molecule has 2 aliphatic rings. The van der Waals surface area contributed by atoms with E-state index in [1.165, 1.54) is 4.90 Å². The largest absolute Gasteiger partial charge is 0.492 e. The van der Waals surface area contributed by atoms with E-state index in [0.29, 0.717) is 13.0 Å². The van der Waals surface area contributed by atoms with E-state index in [2.05, 4.69) is 21.2 Å². The number of piperazine rings is 1. The third-order valence-electron chi connectivity index (χ3n) is 6.97. The average molecular weight is 485 g/mol. The molecule has 186 valence electrons. The summed E-state index contributed by atoms with van der Waals surface area (Å²) in [5.74, 6) is 0.683. The van der Waals surface area contributed by atoms with Gasteiger partial charge in [0.25, 0.3) is 5.91 Å². The van der Waals surface area contributed by atoms with Gasteiger partial charge in [-0.3, -0.25) is 9.69 Å². The number of hydrogen-bond donors (Lipinski definition) is 1. The topological polar surface area (TPSA) is 65.1 Å². The number of rotatable bonds is 8. The second kappa shape index (κ2) is 10.4. The molecule has 0 bridgehead atoms. The van der Waals surface area contributed by atoms with Gasteiger partial charge in [-0.15, -0.1) is 0 Å². The molecule has 7 nitrogen and oxygen atoms in total. The van der Waals surface area contributed by atoms with E-state index in [1.807, 2.05) is 85.8 Å². The lowest BCUT2D eigenvalue weighted by Crippen LogP contribution is -2.52. The maximum atomic E-state index is 13.9. The molecular formula is C29H32N4O3. The maximum Gasteiger partial charge on any atom is 0.326 e. The predicted molar refractivity (Wildman–Crippen MR) is 140 cm³/mol. The Labute approximate surface area is 212 Å². The van der Waals surface area contributed by atoms with Gasteiger partial charge in [0.05, 0.1) is 19.0 Å². The number of anilines is 1. The molecule has 0 aromatic heterocycles. The van der Waals surface area contributed by atoms with Gasteiger partial charge < -0.3 is 15.0 Å². The lowest BCUT2D eigenvalue weighted by Gasteiger charge is -2.37. The second-order valence-corrected chi connectivity index (χ2v) is 9.24. The fourth-order valence-corrected chi connectivity index (χ4v) is 5.12. The molecule has 2 fully saturated rings. The zero-order valence-corrected chi connectivity index (χ0v) is 20.6. The Hall–Kier alpha value is -3.84. The van der Waals surface area contributed by atoms with Gasteiger partial charge in [-0.2, -0.15) is 0 Å². The van der Waals surface area contributed by atoms with Gasteiger partial charge in [-0.05, 0) is 30.2 Å². The summed E-state index contributed by atoms with van der Waals surface area (Å²) < 4.78 is 5.81. The molecule has 2 aliphatic heterocycles. The first kappa shape index (κ1) is 23.9. The molecule has 1 N–H and O–H groups in total. The van der Waals surface area contributed by atoms with Gasteiger partial charge in [0.2, 0.25) is 0 Å². The number of nitrogens with one attached hydrogen (secondary N) is 1. The monoisotopic (exact) mass is 484 g/mol. The van der Waals surface area contributed by atoms with Crippen molar-refractivity contribution in [1.82, 2.24) is 15.1 Å². The number of carbonyl (C=O) groups excluding carboxylic acids is 2. The van der Waals surface area contributed by atoms with E-state index in [0.717, 1.165) is 48.7 Å². The summed E-state index contributed by atoms with van der Waals surface area (Å²) in [5, 5.41) is 3.06. The minimum atomic E-state index is -1.11. The molecule has 0 radical (unpaired) electrons. The van der Waals surface area contributed by atoms with Gasteiger partial charge in [0, 0.05) is 32.6 Å². The lowest BCUT2D eigenvalue weighted by atomic mass is 9.83. The third-order valence-corrected chi connectivity index (χ3v) is 6.97. The Morgan fingerprint density at radius 3 is 2.17 bits per heavy atom. The third kappa shape index (κ3) is 4.66. The molecule has 5 rings (SSSR count). The smallest absolute Gasteiger partial charge is 0.326 e. The summed E-state index contributed by atoms with van der Waals surface area (Å²) in [7, 11) is 0. The maximum absolute atomic E-state index is 13.9. The molecule has 7 heteroatoms. The van der Waals surface area contributed by atoms with Gasteiger partial charge in [0.15, 0.2) is 5.54 Å². The summed E-state index contributed by atoms with van der Waals surface area (Å²) in [5.41, 5.74) is 1.77. The standard InChI is InChI=1S/C29H32N4O3/c1-2-36-26-16-10-9-15-25(26)32-19-17-31(18-20-32)22-33-27(34)29(30-28(33)35,24-13-7-4-8-14-24)21-23-11-5-3-6-12-23/h3-16H,2,17-22H2,1H3,(H,30,35)/t29-/m0/s1. The van der Waals surface area contributed by atoms with Crippen molar-refractivity contribution in [3.8, 4) is 5.75 Å². The number of urea groups is 1. The number of nitrogens with zero attached hydrogens (tertiary/aromatic N) is 3. The van der Waals surface area contributed by atoms with Crippen molar-refractivity contribution in [1.29, 1.82) is 0 Å². The van der Waals surface area contributed by atoms with Crippen LogP contribution in [0.5, 0.6) is 5.75 Å². The first-order valence-corrected chi connectivity index (χ1v) is 12.5. The highest BCUT2D eigenvalue weighted by Crippen LogP contribution is 2.34. The first-order chi connectivity index (χ1) is 17.6. The molecule has 1 atom stereocenters. The Balaban J connectivity index is 1.31. The average Bonchev–Trinajstić information content (AvgIpc) is 3.15. The van der Waals surface area contributed by atoms with Crippen LogP contribution >= 0.6 is 0 Å². The highest BCUT2D eigenvalue weighted by Gasteiger charge is 2.52. The predicted octanol–water partition coefficient (Wildman–Crippen LogP) is 3.85. The van der Waals surface area contributed by atoms with Crippen molar-refractivity contribution in [2.24, 2.45) is 0 Å². The second-order valence-electron chi connectivity index (χ2n) is 9.24. The van der Waals surface area contributed by atoms with E-state index in [4.69, 9.17) is 4.74 Å². The van der Waals surface area contributed by atoms with E-state index >= 15 is 0 Å². The molecule has 2 saturated heterocycles. The van der Waals surface area contributed by atoms with Crippen LogP contribution in [0.4, 0.5) is 10.5 Å². The SMILES string of the molecule is CCOc1ccccc1N1CCN(CN2C(=O)N[C@@](Cc3ccccc3)(c3ccccc3)C2=O)CC1. The van der Waals surface area contributed by atoms with Gasteiger partial charge in [-0.1, -0.05) is 72.8 Å². The van der Waals surface area contributed by atoms with Crippen molar-refractivity contribution in [2.45, 2.75) is 18.9 Å². The summed E-state index contributed by atoms with van der Waals surface area (Å²) in [6, 6.07) is 27.1. The lowest BCUT2D eigenvalue weighted by molar-refractivity contribution is -0.133. The van der Waals surface area contributed by atoms with Crippen molar-refractivity contribution < 1.29 is 14.3 Å². The van der Waals surface area contributed by atoms with Crippen LogP contribution < -0.4 is 15.0 Å². The Kier molecular flexibility index (Phi) is 6.91. The zero-order valence-electron chi connectivity index (χ0n) is 20.6. The van der Waals surface area contributed by atoms with Crippen LogP contribution in [0.3, 0.4) is 0 Å². The van der Waals surface area contributed by atoms with Gasteiger partial charge in [0.1, 0.15) is 5.75 Å². The molecule has 0 unspecified atom stereocenters. The van der Waals surface area contributed by atoms with Crippen LogP contribution in [0.2, 0.25) is 0 Å². The van der Waals surface area contributed by atoms with Crippen LogP contribution in [0, 0.1) is 0 Å². The van der Waals surface area contributed by atoms with Crippen LogP contribution in [0.1, 0.15) is 18.1 Å². The number of para-hydroxylation sites is 2. The summed E-state index contributed by atoms with van der Waals surface area (Å²) in [6.45, 7) is 5.95. The fraction of sp³-hybridized carbons (Fsp3) is 0.310. The highest BCUT2D eigenvalue weighted by molar-refractivity contribution is 6.07. The molecule has 3 aromatic rings. The van der Waals surface area contributed by atoms with Crippen molar-refractivity contribution >= 4 is 17.6 Å². The molecule has 0 spiro atoms. The van der Waals surface area contributed by atoms with Crippen molar-refractivity contribution in [3.63, 3.8) is 0 Å². The fourth-order valence-electron chi connectivity index (χ4n) is 5.12. The number of amides is 3. The normalized spacial score (nSPS) is 20.5. The van der Waals surface area contributed by atoms with Crippen molar-refractivity contribution in [3.05, 3.63) is 96.1 Å². The van der Waals surface area contributed by atoms with Crippen LogP contribution in [-0.2, 0) is 16.8 Å². The Morgan fingerprint density at radius 1 is 0.833 bits per heavy atom. The molecule has 3 aromatic carbocycles. The van der Waals surface area contributed by atoms with E-state index in [1.54, 1.807) is 0 Å². The van der Waals surface area contributed by atoms with Crippen LogP contribution in [0.25, 0.3) is 0 Å². The van der Waals surface area contributed by atoms with Gasteiger partial charge >= 0.3 is 6.03 Å². The number of hydrogen-bond acceptors (Lipinski definition) is 5. The number of imide groups is 1. The number of ether oxygens (including phenoxy) is 1. The zero-order chi connectivity index (χ0) is 25.0. The molecule has 0 aliphatic carbocycles. The highest BCUT2D eigenvalue weighted by atomic mass is 16.5. The van der Waals surface area contributed by atoms with E-state index < -0.39 is 5.54 Å². The molecular weight excluding hydrogens is 452 g/mol. The Bertz CT molecular complexity index is 1200. The van der Waals surface area contributed by atoms with Crippen LogP contribution in [0.15, 0.2) is 84.9 Å².